The molecule has 0 unspecified atom stereocenters. The molecule has 1 aliphatic carbocycles. The normalized spacial score (nSPS) is 15.2. The summed E-state index contributed by atoms with van der Waals surface area (Å²) in [6.07, 6.45) is 10.2. The van der Waals surface area contributed by atoms with Crippen molar-refractivity contribution in [3.8, 4) is 0 Å². The van der Waals surface area contributed by atoms with E-state index in [1.54, 1.807) is 13.0 Å². The molecule has 0 aromatic carbocycles. The van der Waals surface area contributed by atoms with E-state index in [1.165, 1.54) is 0 Å². The van der Waals surface area contributed by atoms with Gasteiger partial charge in [-0.15, -0.1) is 0 Å². The van der Waals surface area contributed by atoms with Gasteiger partial charge in [0.2, 0.25) is 0 Å². The molecule has 0 saturated carbocycles. The van der Waals surface area contributed by atoms with Crippen molar-refractivity contribution < 1.29 is 9.53 Å². The van der Waals surface area contributed by atoms with E-state index in [1.807, 2.05) is 24.3 Å². The van der Waals surface area contributed by atoms with Crippen LogP contribution in [0.2, 0.25) is 0 Å². The standard InChI is InChI=1S/C10H12O2/c1-2-12-10(11)9-7-5-3-4-6-8-9/h3-5,7-8H,2,6H2,1H3. The fourth-order valence-electron chi connectivity index (χ4n) is 0.945. The molecule has 0 fully saturated rings. The second-order valence-corrected chi connectivity index (χ2v) is 2.40. The molecule has 1 aliphatic rings. The molecule has 2 nitrogen and oxygen atoms in total. The van der Waals surface area contributed by atoms with Gasteiger partial charge in [-0.05, 0) is 19.4 Å². The van der Waals surface area contributed by atoms with E-state index >= 15 is 0 Å². The van der Waals surface area contributed by atoms with Gasteiger partial charge in [-0.3, -0.25) is 0 Å². The molecule has 0 heterocycles. The molecule has 0 N–H and O–H groups in total. The molecule has 0 aliphatic heterocycles. The van der Waals surface area contributed by atoms with Crippen molar-refractivity contribution in [2.45, 2.75) is 13.3 Å². The molecule has 0 saturated heterocycles. The van der Waals surface area contributed by atoms with Crippen molar-refractivity contribution in [1.82, 2.24) is 0 Å². The third-order valence-corrected chi connectivity index (χ3v) is 1.51. The van der Waals surface area contributed by atoms with Gasteiger partial charge in [-0.25, -0.2) is 4.79 Å². The van der Waals surface area contributed by atoms with Crippen molar-refractivity contribution in [3.05, 3.63) is 36.0 Å². The first-order valence-corrected chi connectivity index (χ1v) is 4.05. The predicted octanol–water partition coefficient (Wildman–Crippen LogP) is 1.99. The maximum Gasteiger partial charge on any atom is 0.337 e. The maximum atomic E-state index is 11.2. The number of carbonyl (C=O) groups excluding carboxylic acids is 1. The lowest BCUT2D eigenvalue weighted by atomic mass is 10.2. The lowest BCUT2D eigenvalue weighted by Crippen LogP contribution is -2.05. The minimum absolute atomic E-state index is 0.238. The van der Waals surface area contributed by atoms with Crippen LogP contribution in [0.15, 0.2) is 36.0 Å². The molecular formula is C10H12O2. The highest BCUT2D eigenvalue weighted by Crippen LogP contribution is 2.06. The van der Waals surface area contributed by atoms with Gasteiger partial charge in [-0.2, -0.15) is 0 Å². The Labute approximate surface area is 72.2 Å². The highest BCUT2D eigenvalue weighted by atomic mass is 16.5. The Hall–Kier alpha value is -1.31. The van der Waals surface area contributed by atoms with Crippen LogP contribution >= 0.6 is 0 Å². The second-order valence-electron chi connectivity index (χ2n) is 2.40. The molecule has 0 bridgehead atoms. The van der Waals surface area contributed by atoms with Gasteiger partial charge >= 0.3 is 5.97 Å². The van der Waals surface area contributed by atoms with E-state index in [-0.39, 0.29) is 5.97 Å². The molecule has 0 aromatic rings. The predicted molar refractivity (Wildman–Crippen MR) is 47.6 cm³/mol. The summed E-state index contributed by atoms with van der Waals surface area (Å²) in [7, 11) is 0. The third-order valence-electron chi connectivity index (χ3n) is 1.51. The van der Waals surface area contributed by atoms with Crippen LogP contribution in [0.25, 0.3) is 0 Å². The van der Waals surface area contributed by atoms with Crippen LogP contribution in [0, 0.1) is 0 Å². The van der Waals surface area contributed by atoms with Crippen molar-refractivity contribution in [2.24, 2.45) is 0 Å². The van der Waals surface area contributed by atoms with Crippen LogP contribution < -0.4 is 0 Å². The zero-order valence-corrected chi connectivity index (χ0v) is 7.12. The third kappa shape index (κ3) is 2.38. The summed E-state index contributed by atoms with van der Waals surface area (Å²) in [5.74, 6) is -0.238. The Morgan fingerprint density at radius 2 is 2.42 bits per heavy atom. The number of rotatable bonds is 2. The minimum Gasteiger partial charge on any atom is -0.462 e. The molecular weight excluding hydrogens is 152 g/mol. The average Bonchev–Trinajstić information content (AvgIpc) is 2.32. The van der Waals surface area contributed by atoms with Crippen molar-refractivity contribution in [1.29, 1.82) is 0 Å². The molecule has 12 heavy (non-hydrogen) atoms. The number of carbonyl (C=O) groups is 1. The molecule has 1 rings (SSSR count). The Morgan fingerprint density at radius 3 is 3.17 bits per heavy atom. The summed E-state index contributed by atoms with van der Waals surface area (Å²) in [5, 5.41) is 0. The lowest BCUT2D eigenvalue weighted by molar-refractivity contribution is -0.138. The van der Waals surface area contributed by atoms with Gasteiger partial charge in [0, 0.05) is 0 Å². The van der Waals surface area contributed by atoms with Gasteiger partial charge in [0.15, 0.2) is 0 Å². The zero-order chi connectivity index (χ0) is 8.81. The summed E-state index contributed by atoms with van der Waals surface area (Å²) in [6.45, 7) is 2.23. The van der Waals surface area contributed by atoms with Crippen LogP contribution in [0.4, 0.5) is 0 Å². The van der Waals surface area contributed by atoms with Crippen LogP contribution in [-0.2, 0) is 9.53 Å². The van der Waals surface area contributed by atoms with Gasteiger partial charge in [0.1, 0.15) is 0 Å². The highest BCUT2D eigenvalue weighted by Gasteiger charge is 2.05. The Bertz CT molecular complexity index is 247. The smallest absolute Gasteiger partial charge is 0.337 e. The monoisotopic (exact) mass is 164 g/mol. The summed E-state index contributed by atoms with van der Waals surface area (Å²) < 4.78 is 4.85. The van der Waals surface area contributed by atoms with E-state index in [9.17, 15) is 4.79 Å². The summed E-state index contributed by atoms with van der Waals surface area (Å²) in [5.41, 5.74) is 0.641. The number of esters is 1. The average molecular weight is 164 g/mol. The van der Waals surface area contributed by atoms with E-state index in [0.717, 1.165) is 6.42 Å². The first-order valence-electron chi connectivity index (χ1n) is 4.05. The maximum absolute atomic E-state index is 11.2. The van der Waals surface area contributed by atoms with E-state index in [2.05, 4.69) is 0 Å². The van der Waals surface area contributed by atoms with Crippen molar-refractivity contribution >= 4 is 5.97 Å². The van der Waals surface area contributed by atoms with Gasteiger partial charge in [0.25, 0.3) is 0 Å². The number of ether oxygens (including phenoxy) is 1. The Morgan fingerprint density at radius 1 is 1.58 bits per heavy atom. The van der Waals surface area contributed by atoms with E-state index in [4.69, 9.17) is 4.74 Å². The van der Waals surface area contributed by atoms with Crippen molar-refractivity contribution in [2.75, 3.05) is 6.61 Å². The van der Waals surface area contributed by atoms with Crippen LogP contribution in [0.1, 0.15) is 13.3 Å². The lowest BCUT2D eigenvalue weighted by Gasteiger charge is -2.00. The molecule has 0 radical (unpaired) electrons. The first kappa shape index (κ1) is 8.78. The summed E-state index contributed by atoms with van der Waals surface area (Å²) in [4.78, 5) is 11.2. The molecule has 0 spiro atoms. The number of hydrogen-bond donors (Lipinski definition) is 0. The van der Waals surface area contributed by atoms with Gasteiger partial charge in [-0.1, -0.05) is 24.3 Å². The Kier molecular flexibility index (Phi) is 3.33. The van der Waals surface area contributed by atoms with Gasteiger partial charge < -0.3 is 4.74 Å². The molecule has 0 atom stereocenters. The largest absolute Gasteiger partial charge is 0.462 e. The van der Waals surface area contributed by atoms with E-state index in [0.29, 0.717) is 12.2 Å². The van der Waals surface area contributed by atoms with Crippen LogP contribution in [0.5, 0.6) is 0 Å². The van der Waals surface area contributed by atoms with Crippen LogP contribution in [-0.4, -0.2) is 12.6 Å². The zero-order valence-electron chi connectivity index (χ0n) is 7.12. The summed E-state index contributed by atoms with van der Waals surface area (Å²) in [6, 6.07) is 0. The molecule has 2 heteroatoms. The quantitative estimate of drug-likeness (QED) is 0.583. The molecule has 64 valence electrons. The SMILES string of the molecule is CCOC(=O)C1=CCC=CC=C1. The minimum atomic E-state index is -0.238. The highest BCUT2D eigenvalue weighted by molar-refractivity contribution is 5.91. The van der Waals surface area contributed by atoms with E-state index < -0.39 is 0 Å². The number of hydrogen-bond acceptors (Lipinski definition) is 2. The summed E-state index contributed by atoms with van der Waals surface area (Å²) >= 11 is 0. The van der Waals surface area contributed by atoms with Crippen LogP contribution in [0.3, 0.4) is 0 Å². The first-order chi connectivity index (χ1) is 5.84. The molecule has 0 amide bonds. The second kappa shape index (κ2) is 4.54. The Balaban J connectivity index is 2.62. The fraction of sp³-hybridized carbons (Fsp3) is 0.300. The van der Waals surface area contributed by atoms with Gasteiger partial charge in [0.05, 0.1) is 12.2 Å². The molecule has 0 aromatic heterocycles. The topological polar surface area (TPSA) is 26.3 Å². The fourth-order valence-corrected chi connectivity index (χ4v) is 0.945. The number of allylic oxidation sites excluding steroid dienone is 4. The van der Waals surface area contributed by atoms with Crippen molar-refractivity contribution in [3.63, 3.8) is 0 Å².